The number of carbonyl (C=O) groups excluding carboxylic acids is 3. The van der Waals surface area contributed by atoms with Crippen LogP contribution in [0.2, 0.25) is 0 Å². The van der Waals surface area contributed by atoms with E-state index in [1.54, 1.807) is 19.1 Å². The van der Waals surface area contributed by atoms with Crippen LogP contribution in [0.4, 0.5) is 5.69 Å². The molecule has 1 rings (SSSR count). The Morgan fingerprint density at radius 1 is 1.08 bits per heavy atom. The largest absolute Gasteiger partial charge is 0.348 e. The molecule has 0 saturated heterocycles. The van der Waals surface area contributed by atoms with Crippen LogP contribution >= 0.6 is 0 Å². The van der Waals surface area contributed by atoms with Crippen molar-refractivity contribution in [3.63, 3.8) is 0 Å². The monoisotopic (exact) mass is 332 g/mol. The molecule has 7 heteroatoms. The third-order valence-corrected chi connectivity index (χ3v) is 2.98. The van der Waals surface area contributed by atoms with Gasteiger partial charge in [0.1, 0.15) is 0 Å². The predicted molar refractivity (Wildman–Crippen MR) is 93.5 cm³/mol. The highest BCUT2D eigenvalue weighted by molar-refractivity contribution is 6.35. The maximum Gasteiger partial charge on any atom is 0.329 e. The van der Waals surface area contributed by atoms with Gasteiger partial charge in [-0.15, -0.1) is 0 Å². The van der Waals surface area contributed by atoms with E-state index in [2.05, 4.69) is 21.2 Å². The summed E-state index contributed by atoms with van der Waals surface area (Å²) >= 11 is 0. The number of benzene rings is 1. The summed E-state index contributed by atoms with van der Waals surface area (Å²) in [6, 6.07) is 7.40. The Kier molecular flexibility index (Phi) is 7.61. The maximum absolute atomic E-state index is 11.9. The summed E-state index contributed by atoms with van der Waals surface area (Å²) in [5, 5.41) is 8.98. The molecule has 1 aromatic carbocycles. The molecule has 130 valence electrons. The van der Waals surface area contributed by atoms with E-state index in [9.17, 15) is 14.4 Å². The molecule has 0 aliphatic heterocycles. The molecule has 0 aliphatic rings. The normalized spacial score (nSPS) is 11.1. The zero-order valence-electron chi connectivity index (χ0n) is 14.5. The van der Waals surface area contributed by atoms with Gasteiger partial charge in [0.05, 0.1) is 6.42 Å². The summed E-state index contributed by atoms with van der Waals surface area (Å²) in [4.78, 5) is 34.9. The van der Waals surface area contributed by atoms with Gasteiger partial charge in [-0.3, -0.25) is 14.4 Å². The van der Waals surface area contributed by atoms with Crippen LogP contribution in [0.1, 0.15) is 32.8 Å². The van der Waals surface area contributed by atoms with Gasteiger partial charge in [0.15, 0.2) is 0 Å². The standard InChI is InChI=1S/C17H24N4O3/c1-11(2)10-18-16(23)17(24)21-20-13(4)9-15(22)19-14-7-5-12(3)6-8-14/h5-8,11H,9-10H2,1-4H3,(H,18,23)(H,19,22)(H,21,24)/b20-13+. The van der Waals surface area contributed by atoms with Crippen molar-refractivity contribution in [2.45, 2.75) is 34.1 Å². The molecule has 0 heterocycles. The molecule has 0 aliphatic carbocycles. The van der Waals surface area contributed by atoms with Crippen LogP contribution < -0.4 is 16.1 Å². The number of rotatable bonds is 6. The Labute approximate surface area is 141 Å². The van der Waals surface area contributed by atoms with Crippen molar-refractivity contribution in [2.24, 2.45) is 11.0 Å². The fourth-order valence-electron chi connectivity index (χ4n) is 1.69. The van der Waals surface area contributed by atoms with E-state index in [0.717, 1.165) is 5.56 Å². The first kappa shape index (κ1) is 19.3. The summed E-state index contributed by atoms with van der Waals surface area (Å²) in [5.41, 5.74) is 4.32. The average molecular weight is 332 g/mol. The molecule has 0 fully saturated rings. The van der Waals surface area contributed by atoms with E-state index in [1.165, 1.54) is 0 Å². The number of nitrogens with one attached hydrogen (secondary N) is 3. The van der Waals surface area contributed by atoms with Gasteiger partial charge in [-0.1, -0.05) is 31.5 Å². The van der Waals surface area contributed by atoms with E-state index < -0.39 is 11.8 Å². The lowest BCUT2D eigenvalue weighted by Crippen LogP contribution is -2.39. The van der Waals surface area contributed by atoms with E-state index in [-0.39, 0.29) is 18.2 Å². The van der Waals surface area contributed by atoms with E-state index in [1.807, 2.05) is 32.9 Å². The molecule has 0 radical (unpaired) electrons. The fourth-order valence-corrected chi connectivity index (χ4v) is 1.69. The Bertz CT molecular complexity index is 621. The van der Waals surface area contributed by atoms with Crippen molar-refractivity contribution in [1.82, 2.24) is 10.7 Å². The molecule has 0 atom stereocenters. The molecule has 0 spiro atoms. The van der Waals surface area contributed by atoms with Gasteiger partial charge in [0.25, 0.3) is 0 Å². The molecule has 3 N–H and O–H groups in total. The zero-order valence-corrected chi connectivity index (χ0v) is 14.5. The van der Waals surface area contributed by atoms with Crippen LogP contribution in [-0.4, -0.2) is 30.0 Å². The second kappa shape index (κ2) is 9.44. The molecule has 0 bridgehead atoms. The van der Waals surface area contributed by atoms with Gasteiger partial charge in [-0.2, -0.15) is 5.10 Å². The first-order valence-corrected chi connectivity index (χ1v) is 7.75. The lowest BCUT2D eigenvalue weighted by molar-refractivity contribution is -0.139. The number of aryl methyl sites for hydroxylation is 1. The Morgan fingerprint density at radius 3 is 2.29 bits per heavy atom. The number of hydrogen-bond donors (Lipinski definition) is 3. The molecule has 7 nitrogen and oxygen atoms in total. The lowest BCUT2D eigenvalue weighted by atomic mass is 10.2. The third kappa shape index (κ3) is 7.53. The Morgan fingerprint density at radius 2 is 1.71 bits per heavy atom. The van der Waals surface area contributed by atoms with Crippen LogP contribution in [0.25, 0.3) is 0 Å². The van der Waals surface area contributed by atoms with Crippen LogP contribution in [0.5, 0.6) is 0 Å². The van der Waals surface area contributed by atoms with Gasteiger partial charge >= 0.3 is 11.8 Å². The van der Waals surface area contributed by atoms with Crippen LogP contribution in [0.3, 0.4) is 0 Å². The van der Waals surface area contributed by atoms with Gasteiger partial charge < -0.3 is 10.6 Å². The Hall–Kier alpha value is -2.70. The number of hydrazone groups is 1. The second-order valence-electron chi connectivity index (χ2n) is 5.98. The van der Waals surface area contributed by atoms with Gasteiger partial charge in [-0.25, -0.2) is 5.43 Å². The molecular formula is C17H24N4O3. The molecule has 1 aromatic rings. The molecule has 3 amide bonds. The summed E-state index contributed by atoms with van der Waals surface area (Å²) in [5.74, 6) is -1.60. The summed E-state index contributed by atoms with van der Waals surface area (Å²) in [6.07, 6.45) is 0.0156. The second-order valence-corrected chi connectivity index (χ2v) is 5.98. The fraction of sp³-hybridized carbons (Fsp3) is 0.412. The average Bonchev–Trinajstić information content (AvgIpc) is 2.52. The van der Waals surface area contributed by atoms with Gasteiger partial charge in [-0.05, 0) is 31.9 Å². The minimum absolute atomic E-state index is 0.0156. The van der Waals surface area contributed by atoms with Crippen molar-refractivity contribution < 1.29 is 14.4 Å². The number of amides is 3. The van der Waals surface area contributed by atoms with Crippen LogP contribution in [0.15, 0.2) is 29.4 Å². The van der Waals surface area contributed by atoms with Gasteiger partial charge in [0.2, 0.25) is 5.91 Å². The summed E-state index contributed by atoms with van der Waals surface area (Å²) in [6.45, 7) is 7.82. The zero-order chi connectivity index (χ0) is 18.1. The third-order valence-electron chi connectivity index (χ3n) is 2.98. The minimum Gasteiger partial charge on any atom is -0.348 e. The highest BCUT2D eigenvalue weighted by Crippen LogP contribution is 2.08. The highest BCUT2D eigenvalue weighted by atomic mass is 16.2. The van der Waals surface area contributed by atoms with E-state index in [0.29, 0.717) is 17.9 Å². The molecule has 24 heavy (non-hydrogen) atoms. The van der Waals surface area contributed by atoms with Crippen LogP contribution in [0, 0.1) is 12.8 Å². The molecular weight excluding hydrogens is 308 g/mol. The number of anilines is 1. The molecule has 0 unspecified atom stereocenters. The van der Waals surface area contributed by atoms with Crippen molar-refractivity contribution in [3.05, 3.63) is 29.8 Å². The van der Waals surface area contributed by atoms with E-state index in [4.69, 9.17) is 0 Å². The van der Waals surface area contributed by atoms with Crippen LogP contribution in [-0.2, 0) is 14.4 Å². The van der Waals surface area contributed by atoms with Gasteiger partial charge in [0, 0.05) is 17.9 Å². The Balaban J connectivity index is 2.42. The number of carbonyl (C=O) groups is 3. The van der Waals surface area contributed by atoms with Crippen molar-refractivity contribution >= 4 is 29.1 Å². The lowest BCUT2D eigenvalue weighted by Gasteiger charge is -2.07. The predicted octanol–water partition coefficient (Wildman–Crippen LogP) is 1.59. The summed E-state index contributed by atoms with van der Waals surface area (Å²) in [7, 11) is 0. The maximum atomic E-state index is 11.9. The number of hydrogen-bond acceptors (Lipinski definition) is 4. The molecule has 0 saturated carbocycles. The molecule has 0 aromatic heterocycles. The summed E-state index contributed by atoms with van der Waals surface area (Å²) < 4.78 is 0. The smallest absolute Gasteiger partial charge is 0.329 e. The topological polar surface area (TPSA) is 99.7 Å². The number of nitrogens with zero attached hydrogens (tertiary/aromatic N) is 1. The minimum atomic E-state index is -0.853. The van der Waals surface area contributed by atoms with E-state index >= 15 is 0 Å². The first-order chi connectivity index (χ1) is 11.3. The van der Waals surface area contributed by atoms with Crippen molar-refractivity contribution in [1.29, 1.82) is 0 Å². The van der Waals surface area contributed by atoms with Crippen molar-refractivity contribution in [2.75, 3.05) is 11.9 Å². The van der Waals surface area contributed by atoms with Crippen molar-refractivity contribution in [3.8, 4) is 0 Å². The first-order valence-electron chi connectivity index (χ1n) is 7.75. The SMILES string of the molecule is C/C(CC(=O)Nc1ccc(C)cc1)=N\NC(=O)C(=O)NCC(C)C. The highest BCUT2D eigenvalue weighted by Gasteiger charge is 2.13. The quantitative estimate of drug-likeness (QED) is 0.419.